The molecule has 0 amide bonds. The van der Waals surface area contributed by atoms with Gasteiger partial charge in [-0.3, -0.25) is 0 Å². The first-order valence-electron chi connectivity index (χ1n) is 12.9. The summed E-state index contributed by atoms with van der Waals surface area (Å²) >= 11 is 0. The number of likely N-dealkylation sites (N-methyl/N-ethyl adjacent to an activating group) is 1. The van der Waals surface area contributed by atoms with Crippen LogP contribution in [0.3, 0.4) is 0 Å². The highest BCUT2D eigenvalue weighted by molar-refractivity contribution is 5.64. The Kier molecular flexibility index (Phi) is 7.23. The summed E-state index contributed by atoms with van der Waals surface area (Å²) in [5.74, 6) is 2.06. The molecule has 1 fully saturated rings. The van der Waals surface area contributed by atoms with Gasteiger partial charge in [-0.2, -0.15) is 0 Å². The number of nitrogens with two attached hydrogens (primary N) is 2. The van der Waals surface area contributed by atoms with Gasteiger partial charge < -0.3 is 25.8 Å². The van der Waals surface area contributed by atoms with Gasteiger partial charge in [0.05, 0.1) is 18.5 Å². The Bertz CT molecular complexity index is 1220. The van der Waals surface area contributed by atoms with Gasteiger partial charge in [-0.15, -0.1) is 0 Å². The highest BCUT2D eigenvalue weighted by Crippen LogP contribution is 2.32. The van der Waals surface area contributed by atoms with Crippen molar-refractivity contribution in [2.45, 2.75) is 58.6 Å². The number of nitrogen functional groups attached to an aromatic ring is 2. The van der Waals surface area contributed by atoms with Gasteiger partial charge in [0.25, 0.3) is 5.88 Å². The third-order valence-electron chi connectivity index (χ3n) is 7.38. The van der Waals surface area contributed by atoms with Crippen molar-refractivity contribution in [1.82, 2.24) is 19.9 Å². The third-order valence-corrected chi connectivity index (χ3v) is 7.38. The highest BCUT2D eigenvalue weighted by atomic mass is 16.5. The Balaban J connectivity index is 1.33. The van der Waals surface area contributed by atoms with Crippen molar-refractivity contribution in [1.29, 1.82) is 0 Å². The highest BCUT2D eigenvalue weighted by Gasteiger charge is 2.19. The van der Waals surface area contributed by atoms with Crippen LogP contribution in [0.25, 0.3) is 11.3 Å². The van der Waals surface area contributed by atoms with Crippen LogP contribution < -0.4 is 20.9 Å². The number of ether oxygens (including phenoxy) is 2. The van der Waals surface area contributed by atoms with Gasteiger partial charge in [-0.05, 0) is 74.0 Å². The van der Waals surface area contributed by atoms with Gasteiger partial charge in [0, 0.05) is 30.4 Å². The second kappa shape index (κ2) is 10.7. The number of rotatable bonds is 7. The van der Waals surface area contributed by atoms with E-state index in [2.05, 4.69) is 41.0 Å². The Morgan fingerprint density at radius 1 is 1.06 bits per heavy atom. The maximum absolute atomic E-state index is 6.17. The quantitative estimate of drug-likeness (QED) is 0.499. The average molecular weight is 489 g/mol. The zero-order valence-corrected chi connectivity index (χ0v) is 21.3. The molecule has 1 aromatic carbocycles. The van der Waals surface area contributed by atoms with E-state index in [1.807, 2.05) is 6.07 Å². The summed E-state index contributed by atoms with van der Waals surface area (Å²) in [6, 6.07) is 6.25. The Labute approximate surface area is 213 Å². The van der Waals surface area contributed by atoms with Crippen LogP contribution in [-0.4, -0.2) is 40.1 Å². The molecule has 8 nitrogen and oxygen atoms in total. The fourth-order valence-corrected chi connectivity index (χ4v) is 5.32. The van der Waals surface area contributed by atoms with Gasteiger partial charge in [0.1, 0.15) is 6.61 Å². The number of nitrogens with zero attached hydrogens (tertiary/aromatic N) is 4. The topological polar surface area (TPSA) is 112 Å². The van der Waals surface area contributed by atoms with Crippen LogP contribution in [-0.2, 0) is 19.6 Å². The number of aryl methyl sites for hydroxylation is 1. The monoisotopic (exact) mass is 488 g/mol. The van der Waals surface area contributed by atoms with Gasteiger partial charge >= 0.3 is 0 Å². The number of benzene rings is 1. The van der Waals surface area contributed by atoms with E-state index in [-0.39, 0.29) is 12.4 Å². The van der Waals surface area contributed by atoms with Crippen LogP contribution in [0.2, 0.25) is 0 Å². The maximum Gasteiger partial charge on any atom is 0.258 e. The summed E-state index contributed by atoms with van der Waals surface area (Å²) in [6.45, 7) is 5.04. The zero-order chi connectivity index (χ0) is 25.1. The van der Waals surface area contributed by atoms with Crippen LogP contribution in [0.5, 0.6) is 11.6 Å². The zero-order valence-electron chi connectivity index (χ0n) is 21.3. The number of pyridine rings is 1. The first-order valence-corrected chi connectivity index (χ1v) is 12.9. The lowest BCUT2D eigenvalue weighted by Crippen LogP contribution is -2.27. The van der Waals surface area contributed by atoms with E-state index in [1.165, 1.54) is 48.8 Å². The Hall–Kier alpha value is -3.39. The average Bonchev–Trinajstić information content (AvgIpc) is 2.88. The smallest absolute Gasteiger partial charge is 0.258 e. The van der Waals surface area contributed by atoms with Crippen molar-refractivity contribution in [3.63, 3.8) is 0 Å². The van der Waals surface area contributed by atoms with Crippen molar-refractivity contribution in [2.75, 3.05) is 31.7 Å². The minimum atomic E-state index is 0.211. The van der Waals surface area contributed by atoms with E-state index in [0.717, 1.165) is 36.3 Å². The minimum absolute atomic E-state index is 0.211. The second-order valence-electron chi connectivity index (χ2n) is 10.2. The molecule has 190 valence electrons. The van der Waals surface area contributed by atoms with Gasteiger partial charge in [-0.1, -0.05) is 19.3 Å². The number of fused-ring (bicyclic) bond motifs is 1. The maximum atomic E-state index is 6.17. The predicted octanol–water partition coefficient (Wildman–Crippen LogP) is 4.54. The molecule has 3 heterocycles. The molecule has 5 rings (SSSR count). The lowest BCUT2D eigenvalue weighted by atomic mass is 9.90. The van der Waals surface area contributed by atoms with Gasteiger partial charge in [-0.25, -0.2) is 15.0 Å². The van der Waals surface area contributed by atoms with E-state index in [0.29, 0.717) is 30.0 Å². The molecule has 0 unspecified atom stereocenters. The fraction of sp³-hybridized carbons (Fsp3) is 0.464. The molecule has 2 aliphatic rings. The van der Waals surface area contributed by atoms with Crippen molar-refractivity contribution in [2.24, 2.45) is 5.92 Å². The van der Waals surface area contributed by atoms with E-state index in [1.54, 1.807) is 12.4 Å². The standard InChI is InChI=1S/C28H36N6O2/c1-18-12-21(13-22-15-34(2)11-9-23(18)22)24-14-32-27(30)28(33-24)36-17-20-8-10-31-26(29)25(20)35-16-19-6-4-3-5-7-19/h8,10,12-14,19H,3-7,9,11,15-17H2,1-2H3,(H2,29,31)(H2,30,32). The van der Waals surface area contributed by atoms with E-state index < -0.39 is 0 Å². The molecule has 3 aromatic rings. The Morgan fingerprint density at radius 2 is 1.89 bits per heavy atom. The van der Waals surface area contributed by atoms with Crippen LogP contribution in [0.15, 0.2) is 30.6 Å². The summed E-state index contributed by atoms with van der Waals surface area (Å²) in [6.07, 6.45) is 10.7. The summed E-state index contributed by atoms with van der Waals surface area (Å²) in [7, 11) is 2.15. The van der Waals surface area contributed by atoms with Crippen LogP contribution in [0.1, 0.15) is 54.4 Å². The largest absolute Gasteiger partial charge is 0.489 e. The van der Waals surface area contributed by atoms with E-state index >= 15 is 0 Å². The minimum Gasteiger partial charge on any atom is -0.489 e. The number of aromatic nitrogens is 3. The van der Waals surface area contributed by atoms with Crippen LogP contribution >= 0.6 is 0 Å². The first-order chi connectivity index (χ1) is 17.5. The molecule has 0 radical (unpaired) electrons. The predicted molar refractivity (Wildman–Crippen MR) is 142 cm³/mol. The van der Waals surface area contributed by atoms with Gasteiger partial charge in [0.15, 0.2) is 17.4 Å². The summed E-state index contributed by atoms with van der Waals surface area (Å²) in [5, 5.41) is 0. The summed E-state index contributed by atoms with van der Waals surface area (Å²) in [5.41, 5.74) is 18.9. The molecule has 1 saturated carbocycles. The SMILES string of the molecule is Cc1cc(-c2cnc(N)c(OCc3ccnc(N)c3OCC3CCCCC3)n2)cc2c1CCN(C)C2. The van der Waals surface area contributed by atoms with E-state index in [9.17, 15) is 0 Å². The van der Waals surface area contributed by atoms with E-state index in [4.69, 9.17) is 25.9 Å². The van der Waals surface area contributed by atoms with Crippen molar-refractivity contribution in [3.05, 3.63) is 52.8 Å². The molecule has 0 atom stereocenters. The Morgan fingerprint density at radius 3 is 2.72 bits per heavy atom. The lowest BCUT2D eigenvalue weighted by molar-refractivity contribution is 0.203. The van der Waals surface area contributed by atoms with Crippen molar-refractivity contribution in [3.8, 4) is 22.9 Å². The molecule has 0 spiro atoms. The number of hydrogen-bond acceptors (Lipinski definition) is 8. The fourth-order valence-electron chi connectivity index (χ4n) is 5.32. The molecule has 8 heteroatoms. The molecule has 2 aromatic heterocycles. The lowest BCUT2D eigenvalue weighted by Gasteiger charge is -2.27. The molecule has 36 heavy (non-hydrogen) atoms. The van der Waals surface area contributed by atoms with Crippen LogP contribution in [0, 0.1) is 12.8 Å². The molecule has 0 bridgehead atoms. The normalized spacial score (nSPS) is 16.5. The third kappa shape index (κ3) is 5.38. The molecule has 0 saturated heterocycles. The number of anilines is 2. The van der Waals surface area contributed by atoms with Crippen molar-refractivity contribution < 1.29 is 9.47 Å². The van der Waals surface area contributed by atoms with Gasteiger partial charge in [0.2, 0.25) is 0 Å². The summed E-state index contributed by atoms with van der Waals surface area (Å²) < 4.78 is 12.2. The first kappa shape index (κ1) is 24.3. The molecule has 1 aliphatic heterocycles. The molecular formula is C28H36N6O2. The molecular weight excluding hydrogens is 452 g/mol. The van der Waals surface area contributed by atoms with Crippen LogP contribution in [0.4, 0.5) is 11.6 Å². The number of hydrogen-bond donors (Lipinski definition) is 2. The molecule has 1 aliphatic carbocycles. The second-order valence-corrected chi connectivity index (χ2v) is 10.2. The summed E-state index contributed by atoms with van der Waals surface area (Å²) in [4.78, 5) is 15.7. The van der Waals surface area contributed by atoms with Crippen molar-refractivity contribution >= 4 is 11.6 Å². The molecule has 4 N–H and O–H groups in total.